The molecule has 0 heterocycles. The Morgan fingerprint density at radius 1 is 1.00 bits per heavy atom. The van der Waals surface area contributed by atoms with Crippen LogP contribution in [0.25, 0.3) is 10.8 Å². The normalized spacial score (nSPS) is 10.6. The van der Waals surface area contributed by atoms with Crippen LogP contribution in [-0.4, -0.2) is 19.1 Å². The summed E-state index contributed by atoms with van der Waals surface area (Å²) in [4.78, 5) is 12.8. The maximum Gasteiger partial charge on any atom is 0.255 e. The summed E-state index contributed by atoms with van der Waals surface area (Å²) in [6.07, 6.45) is 0. The van der Waals surface area contributed by atoms with Gasteiger partial charge in [-0.1, -0.05) is 48.0 Å². The fraction of sp³-hybridized carbons (Fsp3) is 0.190. The number of ether oxygens (including phenoxy) is 2. The minimum Gasteiger partial charge on any atom is -0.490 e. The molecule has 0 fully saturated rings. The van der Waals surface area contributed by atoms with Crippen molar-refractivity contribution in [2.45, 2.75) is 13.8 Å². The summed E-state index contributed by atoms with van der Waals surface area (Å²) >= 11 is 6.31. The Morgan fingerprint density at radius 3 is 2.50 bits per heavy atom. The lowest BCUT2D eigenvalue weighted by atomic mass is 10.1. The van der Waals surface area contributed by atoms with Gasteiger partial charge in [-0.25, -0.2) is 0 Å². The minimum absolute atomic E-state index is 0.257. The van der Waals surface area contributed by atoms with Gasteiger partial charge in [-0.3, -0.25) is 4.79 Å². The molecule has 0 saturated heterocycles. The number of anilines is 1. The van der Waals surface area contributed by atoms with Gasteiger partial charge < -0.3 is 14.8 Å². The molecular formula is C21H20ClNO3. The molecule has 5 heteroatoms. The SMILES string of the molecule is CCOc1cc(C(=O)Nc2cccc3ccccc23)cc(Cl)c1OCC. The van der Waals surface area contributed by atoms with Crippen LogP contribution in [0.15, 0.2) is 54.6 Å². The average Bonchev–Trinajstić information content (AvgIpc) is 2.65. The molecule has 0 bridgehead atoms. The zero-order chi connectivity index (χ0) is 18.5. The molecule has 134 valence electrons. The molecule has 0 radical (unpaired) electrons. The van der Waals surface area contributed by atoms with E-state index in [-0.39, 0.29) is 5.91 Å². The van der Waals surface area contributed by atoms with E-state index in [1.807, 2.05) is 56.3 Å². The number of hydrogen-bond acceptors (Lipinski definition) is 3. The van der Waals surface area contributed by atoms with Gasteiger partial charge in [-0.05, 0) is 37.4 Å². The molecule has 0 aliphatic rings. The zero-order valence-electron chi connectivity index (χ0n) is 14.7. The van der Waals surface area contributed by atoms with Crippen molar-refractivity contribution in [3.63, 3.8) is 0 Å². The third kappa shape index (κ3) is 3.75. The van der Waals surface area contributed by atoms with Crippen LogP contribution in [0.3, 0.4) is 0 Å². The van der Waals surface area contributed by atoms with E-state index in [9.17, 15) is 4.79 Å². The largest absolute Gasteiger partial charge is 0.490 e. The third-order valence-corrected chi connectivity index (χ3v) is 4.18. The van der Waals surface area contributed by atoms with Crippen LogP contribution in [0, 0.1) is 0 Å². The first-order valence-corrected chi connectivity index (χ1v) is 8.90. The topological polar surface area (TPSA) is 47.6 Å². The second-order valence-corrected chi connectivity index (χ2v) is 6.04. The summed E-state index contributed by atoms with van der Waals surface area (Å²) in [6.45, 7) is 4.64. The van der Waals surface area contributed by atoms with E-state index in [0.29, 0.717) is 35.3 Å². The van der Waals surface area contributed by atoms with Crippen LogP contribution in [0.4, 0.5) is 5.69 Å². The minimum atomic E-state index is -0.257. The van der Waals surface area contributed by atoms with Gasteiger partial charge in [0.25, 0.3) is 5.91 Å². The van der Waals surface area contributed by atoms with Crippen molar-refractivity contribution in [3.8, 4) is 11.5 Å². The van der Waals surface area contributed by atoms with E-state index in [2.05, 4.69) is 5.32 Å². The van der Waals surface area contributed by atoms with Crippen LogP contribution >= 0.6 is 11.6 Å². The highest BCUT2D eigenvalue weighted by Gasteiger charge is 2.16. The summed E-state index contributed by atoms with van der Waals surface area (Å²) in [5.41, 5.74) is 1.16. The van der Waals surface area contributed by atoms with Crippen LogP contribution in [-0.2, 0) is 0 Å². The summed E-state index contributed by atoms with van der Waals surface area (Å²) in [5, 5.41) is 5.34. The van der Waals surface area contributed by atoms with Gasteiger partial charge in [0.15, 0.2) is 11.5 Å². The predicted molar refractivity (Wildman–Crippen MR) is 106 cm³/mol. The molecule has 0 aliphatic carbocycles. The number of halogens is 1. The van der Waals surface area contributed by atoms with Crippen LogP contribution in [0.1, 0.15) is 24.2 Å². The Labute approximate surface area is 157 Å². The number of fused-ring (bicyclic) bond motifs is 1. The Hall–Kier alpha value is -2.72. The lowest BCUT2D eigenvalue weighted by molar-refractivity contribution is 0.102. The maximum atomic E-state index is 12.8. The number of benzene rings is 3. The van der Waals surface area contributed by atoms with E-state index in [1.165, 1.54) is 0 Å². The zero-order valence-corrected chi connectivity index (χ0v) is 15.5. The van der Waals surface area contributed by atoms with Gasteiger partial charge in [0.1, 0.15) is 0 Å². The summed E-state index contributed by atoms with van der Waals surface area (Å²) < 4.78 is 11.1. The summed E-state index contributed by atoms with van der Waals surface area (Å²) in [5.74, 6) is 0.662. The van der Waals surface area contributed by atoms with E-state index < -0.39 is 0 Å². The van der Waals surface area contributed by atoms with Crippen molar-refractivity contribution in [1.29, 1.82) is 0 Å². The van der Waals surface area contributed by atoms with Crippen LogP contribution < -0.4 is 14.8 Å². The number of nitrogens with one attached hydrogen (secondary N) is 1. The molecule has 1 N–H and O–H groups in total. The van der Waals surface area contributed by atoms with Gasteiger partial charge in [-0.15, -0.1) is 0 Å². The highest BCUT2D eigenvalue weighted by molar-refractivity contribution is 6.32. The molecule has 0 atom stereocenters. The maximum absolute atomic E-state index is 12.8. The monoisotopic (exact) mass is 369 g/mol. The standard InChI is InChI=1S/C21H20ClNO3/c1-3-25-19-13-15(12-17(22)20(19)26-4-2)21(24)23-18-11-7-9-14-8-5-6-10-16(14)18/h5-13H,3-4H2,1-2H3,(H,23,24). The van der Waals surface area contributed by atoms with Crippen molar-refractivity contribution in [3.05, 3.63) is 65.2 Å². The fourth-order valence-corrected chi connectivity index (χ4v) is 3.04. The van der Waals surface area contributed by atoms with Crippen LogP contribution in [0.2, 0.25) is 5.02 Å². The Balaban J connectivity index is 1.94. The summed E-state index contributed by atoms with van der Waals surface area (Å²) in [6, 6.07) is 16.9. The molecule has 3 aromatic carbocycles. The average molecular weight is 370 g/mol. The van der Waals surface area contributed by atoms with Crippen molar-refractivity contribution in [1.82, 2.24) is 0 Å². The summed E-state index contributed by atoms with van der Waals surface area (Å²) in [7, 11) is 0. The molecule has 0 aliphatic heterocycles. The highest BCUT2D eigenvalue weighted by atomic mass is 35.5. The number of carbonyl (C=O) groups excluding carboxylic acids is 1. The Bertz CT molecular complexity index is 934. The fourth-order valence-electron chi connectivity index (χ4n) is 2.78. The van der Waals surface area contributed by atoms with Crippen LogP contribution in [0.5, 0.6) is 11.5 Å². The first-order valence-electron chi connectivity index (χ1n) is 8.52. The highest BCUT2D eigenvalue weighted by Crippen LogP contribution is 2.37. The number of hydrogen-bond donors (Lipinski definition) is 1. The van der Waals surface area contributed by atoms with Gasteiger partial charge in [0.05, 0.1) is 18.2 Å². The third-order valence-electron chi connectivity index (χ3n) is 3.90. The van der Waals surface area contributed by atoms with Crippen molar-refractivity contribution >= 4 is 34.0 Å². The molecule has 3 aromatic rings. The van der Waals surface area contributed by atoms with Gasteiger partial charge in [-0.2, -0.15) is 0 Å². The molecule has 0 spiro atoms. The first-order chi connectivity index (χ1) is 12.6. The molecule has 1 amide bonds. The molecule has 3 rings (SSSR count). The molecule has 0 saturated carbocycles. The van der Waals surface area contributed by atoms with Gasteiger partial charge in [0.2, 0.25) is 0 Å². The number of carbonyl (C=O) groups is 1. The second kappa shape index (κ2) is 8.11. The molecular weight excluding hydrogens is 350 g/mol. The molecule has 0 aromatic heterocycles. The van der Waals surface area contributed by atoms with Crippen molar-refractivity contribution < 1.29 is 14.3 Å². The lowest BCUT2D eigenvalue weighted by Gasteiger charge is -2.15. The van der Waals surface area contributed by atoms with Gasteiger partial charge >= 0.3 is 0 Å². The van der Waals surface area contributed by atoms with E-state index in [1.54, 1.807) is 12.1 Å². The second-order valence-electron chi connectivity index (χ2n) is 5.63. The van der Waals surface area contributed by atoms with Crippen molar-refractivity contribution in [2.75, 3.05) is 18.5 Å². The first kappa shape index (κ1) is 18.1. The number of amides is 1. The lowest BCUT2D eigenvalue weighted by Crippen LogP contribution is -2.13. The predicted octanol–water partition coefficient (Wildman–Crippen LogP) is 5.54. The van der Waals surface area contributed by atoms with Crippen molar-refractivity contribution in [2.24, 2.45) is 0 Å². The Morgan fingerprint density at radius 2 is 1.73 bits per heavy atom. The molecule has 0 unspecified atom stereocenters. The Kier molecular flexibility index (Phi) is 5.64. The number of rotatable bonds is 6. The van der Waals surface area contributed by atoms with Gasteiger partial charge in [0, 0.05) is 16.6 Å². The van der Waals surface area contributed by atoms with E-state index in [0.717, 1.165) is 16.5 Å². The molecule has 26 heavy (non-hydrogen) atoms. The van der Waals surface area contributed by atoms with E-state index >= 15 is 0 Å². The smallest absolute Gasteiger partial charge is 0.255 e. The van der Waals surface area contributed by atoms with E-state index in [4.69, 9.17) is 21.1 Å². The quantitative estimate of drug-likeness (QED) is 0.620. The molecule has 4 nitrogen and oxygen atoms in total.